The van der Waals surface area contributed by atoms with Crippen molar-refractivity contribution < 1.29 is 4.79 Å². The number of hydrogen-bond donors (Lipinski definition) is 1. The number of rotatable bonds is 5. The molecule has 0 radical (unpaired) electrons. The number of thiophene rings is 1. The monoisotopic (exact) mass is 475 g/mol. The van der Waals surface area contributed by atoms with E-state index in [-0.39, 0.29) is 11.9 Å². The average molecular weight is 476 g/mol. The lowest BCUT2D eigenvalue weighted by Gasteiger charge is -2.43. The molecule has 3 aliphatic heterocycles. The summed E-state index contributed by atoms with van der Waals surface area (Å²) in [6, 6.07) is 12.1. The molecule has 3 aromatic rings. The van der Waals surface area contributed by atoms with Crippen molar-refractivity contribution in [3.05, 3.63) is 41.5 Å². The van der Waals surface area contributed by atoms with Gasteiger partial charge in [-0.1, -0.05) is 30.3 Å². The van der Waals surface area contributed by atoms with E-state index in [1.807, 2.05) is 32.0 Å². The smallest absolute Gasteiger partial charge is 0.262 e. The standard InChI is InChI=1S/C27H33N5OS/c1-17(2)30-26(33)24-22(18-8-4-3-5-9-18)23-25(28-16-29-27(23)34-24)32-19-10-11-20(32)15-21(14-19)31-12-6-7-13-31/h3-5,8-9,16-17,19-21H,6-7,10-15H2,1-2H3,(H,30,33). The number of nitrogens with one attached hydrogen (secondary N) is 1. The summed E-state index contributed by atoms with van der Waals surface area (Å²) in [5.41, 5.74) is 2.04. The van der Waals surface area contributed by atoms with Gasteiger partial charge in [0.15, 0.2) is 0 Å². The van der Waals surface area contributed by atoms with Crippen LogP contribution in [0.1, 0.15) is 62.0 Å². The van der Waals surface area contributed by atoms with Crippen LogP contribution in [0.2, 0.25) is 0 Å². The fourth-order valence-corrected chi connectivity index (χ4v) is 7.44. The van der Waals surface area contributed by atoms with Gasteiger partial charge in [0.1, 0.15) is 21.9 Å². The van der Waals surface area contributed by atoms with Crippen molar-refractivity contribution in [1.82, 2.24) is 20.2 Å². The number of benzene rings is 1. The highest BCUT2D eigenvalue weighted by atomic mass is 32.1. The average Bonchev–Trinajstić information content (AvgIpc) is 3.56. The number of aromatic nitrogens is 2. The van der Waals surface area contributed by atoms with Gasteiger partial charge in [0.05, 0.1) is 5.39 Å². The quantitative estimate of drug-likeness (QED) is 0.557. The molecule has 34 heavy (non-hydrogen) atoms. The highest BCUT2D eigenvalue weighted by molar-refractivity contribution is 7.21. The van der Waals surface area contributed by atoms with Crippen LogP contribution in [0.3, 0.4) is 0 Å². The van der Waals surface area contributed by atoms with E-state index in [9.17, 15) is 4.79 Å². The van der Waals surface area contributed by atoms with Crippen molar-refractivity contribution in [2.45, 2.75) is 76.5 Å². The zero-order valence-corrected chi connectivity index (χ0v) is 20.9. The SMILES string of the molecule is CC(C)NC(=O)c1sc2ncnc(N3C4CCC3CC(N3CCCC3)C4)c2c1-c1ccccc1. The van der Waals surface area contributed by atoms with Crippen LogP contribution >= 0.6 is 11.3 Å². The van der Waals surface area contributed by atoms with Crippen molar-refractivity contribution in [1.29, 1.82) is 0 Å². The molecule has 2 aromatic heterocycles. The van der Waals surface area contributed by atoms with Gasteiger partial charge in [-0.05, 0) is 71.0 Å². The van der Waals surface area contributed by atoms with E-state index < -0.39 is 0 Å². The lowest BCUT2D eigenvalue weighted by molar-refractivity contribution is 0.0948. The summed E-state index contributed by atoms with van der Waals surface area (Å²) in [7, 11) is 0. The first-order valence-corrected chi connectivity index (χ1v) is 13.6. The summed E-state index contributed by atoms with van der Waals surface area (Å²) in [5, 5.41) is 4.15. The van der Waals surface area contributed by atoms with Crippen LogP contribution in [0.4, 0.5) is 5.82 Å². The van der Waals surface area contributed by atoms with E-state index in [2.05, 4.69) is 32.2 Å². The molecule has 7 heteroatoms. The molecule has 6 nitrogen and oxygen atoms in total. The highest BCUT2D eigenvalue weighted by Gasteiger charge is 2.44. The van der Waals surface area contributed by atoms with Gasteiger partial charge >= 0.3 is 0 Å². The van der Waals surface area contributed by atoms with Crippen molar-refractivity contribution in [2.24, 2.45) is 0 Å². The van der Waals surface area contributed by atoms with Gasteiger partial charge in [-0.3, -0.25) is 4.79 Å². The van der Waals surface area contributed by atoms with Crippen molar-refractivity contribution in [3.8, 4) is 11.1 Å². The minimum atomic E-state index is -0.0292. The van der Waals surface area contributed by atoms with E-state index in [0.717, 1.165) is 32.0 Å². The zero-order valence-electron chi connectivity index (χ0n) is 20.0. The van der Waals surface area contributed by atoms with Crippen molar-refractivity contribution >= 4 is 33.3 Å². The third-order valence-corrected chi connectivity index (χ3v) is 8.86. The molecule has 2 bridgehead atoms. The molecule has 1 amide bonds. The zero-order chi connectivity index (χ0) is 23.2. The molecule has 0 spiro atoms. The Hall–Kier alpha value is -2.51. The Bertz CT molecular complexity index is 1170. The maximum atomic E-state index is 13.3. The van der Waals surface area contributed by atoms with E-state index in [4.69, 9.17) is 4.98 Å². The maximum absolute atomic E-state index is 13.3. The third kappa shape index (κ3) is 3.79. The van der Waals surface area contributed by atoms with Crippen LogP contribution in [0.15, 0.2) is 36.7 Å². The topological polar surface area (TPSA) is 61.4 Å². The molecule has 5 heterocycles. The molecule has 178 valence electrons. The van der Waals surface area contributed by atoms with Gasteiger partial charge in [0.2, 0.25) is 0 Å². The summed E-state index contributed by atoms with van der Waals surface area (Å²) in [6.07, 6.45) is 9.27. The summed E-state index contributed by atoms with van der Waals surface area (Å²) in [5.74, 6) is 0.995. The lowest BCUT2D eigenvalue weighted by Crippen LogP contribution is -2.50. The van der Waals surface area contributed by atoms with Crippen LogP contribution < -0.4 is 10.2 Å². The number of nitrogens with zero attached hydrogens (tertiary/aromatic N) is 4. The number of carbonyl (C=O) groups is 1. The van der Waals surface area contributed by atoms with E-state index in [0.29, 0.717) is 18.1 Å². The second-order valence-corrected chi connectivity index (χ2v) is 11.3. The Morgan fingerprint density at radius 3 is 2.41 bits per heavy atom. The molecule has 3 saturated heterocycles. The number of likely N-dealkylation sites (tertiary alicyclic amines) is 1. The van der Waals surface area contributed by atoms with Gasteiger partial charge in [0, 0.05) is 29.7 Å². The lowest BCUT2D eigenvalue weighted by atomic mass is 9.95. The molecule has 1 aromatic carbocycles. The second-order valence-electron chi connectivity index (χ2n) is 10.3. The highest BCUT2D eigenvalue weighted by Crippen LogP contribution is 2.47. The first kappa shape index (κ1) is 22.0. The van der Waals surface area contributed by atoms with E-state index in [1.54, 1.807) is 6.33 Å². The normalized spacial score (nSPS) is 24.9. The van der Waals surface area contributed by atoms with Gasteiger partial charge in [-0.15, -0.1) is 11.3 Å². The summed E-state index contributed by atoms with van der Waals surface area (Å²) in [4.78, 5) is 29.8. The number of amides is 1. The van der Waals surface area contributed by atoms with E-state index in [1.165, 1.54) is 63.0 Å². The number of fused-ring (bicyclic) bond motifs is 3. The minimum absolute atomic E-state index is 0.0292. The summed E-state index contributed by atoms with van der Waals surface area (Å²) < 4.78 is 0. The van der Waals surface area contributed by atoms with Gasteiger partial charge < -0.3 is 15.1 Å². The molecule has 3 aliphatic rings. The third-order valence-electron chi connectivity index (χ3n) is 7.77. The first-order valence-electron chi connectivity index (χ1n) is 12.8. The van der Waals surface area contributed by atoms with Gasteiger partial charge in [-0.25, -0.2) is 9.97 Å². The minimum Gasteiger partial charge on any atom is -0.350 e. The summed E-state index contributed by atoms with van der Waals surface area (Å²) >= 11 is 1.49. The molecule has 6 rings (SSSR count). The summed E-state index contributed by atoms with van der Waals surface area (Å²) in [6.45, 7) is 6.53. The second kappa shape index (κ2) is 8.93. The molecule has 0 saturated carbocycles. The number of carbonyl (C=O) groups excluding carboxylic acids is 1. The predicted octanol–water partition coefficient (Wildman–Crippen LogP) is 5.09. The predicted molar refractivity (Wildman–Crippen MR) is 139 cm³/mol. The van der Waals surface area contributed by atoms with Gasteiger partial charge in [0.25, 0.3) is 5.91 Å². The van der Waals surface area contributed by atoms with Crippen LogP contribution in [0.5, 0.6) is 0 Å². The maximum Gasteiger partial charge on any atom is 0.262 e. The Labute approximate surface area is 205 Å². The number of piperidine rings is 1. The number of anilines is 1. The van der Waals surface area contributed by atoms with Gasteiger partial charge in [-0.2, -0.15) is 0 Å². The fourth-order valence-electron chi connectivity index (χ4n) is 6.38. The molecular weight excluding hydrogens is 442 g/mol. The fraction of sp³-hybridized carbons (Fsp3) is 0.519. The Morgan fingerprint density at radius 2 is 1.74 bits per heavy atom. The van der Waals surface area contributed by atoms with Crippen LogP contribution in [-0.4, -0.2) is 58.0 Å². The van der Waals surface area contributed by atoms with Crippen molar-refractivity contribution in [3.63, 3.8) is 0 Å². The largest absolute Gasteiger partial charge is 0.350 e. The van der Waals surface area contributed by atoms with Crippen LogP contribution in [0.25, 0.3) is 21.3 Å². The van der Waals surface area contributed by atoms with E-state index >= 15 is 0 Å². The molecular formula is C27H33N5OS. The molecule has 3 fully saturated rings. The van der Waals surface area contributed by atoms with Crippen LogP contribution in [-0.2, 0) is 0 Å². The Morgan fingerprint density at radius 1 is 1.03 bits per heavy atom. The van der Waals surface area contributed by atoms with Crippen LogP contribution in [0, 0.1) is 0 Å². The Balaban J connectivity index is 1.45. The molecule has 0 aliphatic carbocycles. The first-order chi connectivity index (χ1) is 16.6. The molecule has 2 atom stereocenters. The van der Waals surface area contributed by atoms with Crippen molar-refractivity contribution in [2.75, 3.05) is 18.0 Å². The Kier molecular flexibility index (Phi) is 5.77. The molecule has 2 unspecified atom stereocenters. The number of hydrogen-bond acceptors (Lipinski definition) is 6. The molecule has 1 N–H and O–H groups in total.